The van der Waals surface area contributed by atoms with Crippen LogP contribution in [-0.4, -0.2) is 29.6 Å². The number of carboxylic acids is 1. The first kappa shape index (κ1) is 16.1. The number of carbonyl (C=O) groups excluding carboxylic acids is 1. The van der Waals surface area contributed by atoms with Gasteiger partial charge in [-0.05, 0) is 36.6 Å². The molecule has 1 aromatic rings. The molecule has 2 rings (SSSR count). The highest BCUT2D eigenvalue weighted by molar-refractivity contribution is 5.85. The van der Waals surface area contributed by atoms with E-state index in [1.54, 1.807) is 24.3 Å². The second-order valence-electron chi connectivity index (χ2n) is 5.43. The molecule has 0 unspecified atom stereocenters. The Morgan fingerprint density at radius 1 is 1.18 bits per heavy atom. The van der Waals surface area contributed by atoms with Gasteiger partial charge in [0.1, 0.15) is 5.75 Å². The molecular formula is C17H21NO4. The molecule has 0 saturated heterocycles. The molecule has 0 aliphatic heterocycles. The van der Waals surface area contributed by atoms with Crippen LogP contribution in [0.25, 0.3) is 6.08 Å². The number of nitrogens with one attached hydrogen (secondary N) is 1. The van der Waals surface area contributed by atoms with Crippen LogP contribution in [0.3, 0.4) is 0 Å². The van der Waals surface area contributed by atoms with Crippen LogP contribution in [-0.2, 0) is 9.59 Å². The third-order valence-electron chi connectivity index (χ3n) is 3.64. The lowest BCUT2D eigenvalue weighted by molar-refractivity contribution is -0.131. The van der Waals surface area contributed by atoms with Crippen molar-refractivity contribution in [3.8, 4) is 5.75 Å². The first-order valence-corrected chi connectivity index (χ1v) is 7.57. The van der Waals surface area contributed by atoms with Crippen LogP contribution >= 0.6 is 0 Å². The zero-order valence-electron chi connectivity index (χ0n) is 12.5. The van der Waals surface area contributed by atoms with Crippen LogP contribution in [0.1, 0.15) is 37.7 Å². The SMILES string of the molecule is O=C(O)/C=C/c1ccc(OCC(=O)NC2CCCCC2)cc1. The maximum atomic E-state index is 11.8. The molecule has 2 N–H and O–H groups in total. The standard InChI is InChI=1S/C17H21NO4/c19-16(18-14-4-2-1-3-5-14)12-22-15-9-6-13(7-10-15)8-11-17(20)21/h6-11,14H,1-5,12H2,(H,18,19)(H,20,21)/b11-8+. The molecule has 0 atom stereocenters. The smallest absolute Gasteiger partial charge is 0.328 e. The van der Waals surface area contributed by atoms with Gasteiger partial charge in [-0.1, -0.05) is 31.4 Å². The van der Waals surface area contributed by atoms with Crippen molar-refractivity contribution in [2.45, 2.75) is 38.1 Å². The van der Waals surface area contributed by atoms with E-state index in [9.17, 15) is 9.59 Å². The molecule has 5 heteroatoms. The molecule has 0 heterocycles. The predicted octanol–water partition coefficient (Wildman–Crippen LogP) is 2.61. The van der Waals surface area contributed by atoms with Crippen molar-refractivity contribution in [1.29, 1.82) is 0 Å². The van der Waals surface area contributed by atoms with Gasteiger partial charge in [0.2, 0.25) is 0 Å². The van der Waals surface area contributed by atoms with Crippen molar-refractivity contribution >= 4 is 18.0 Å². The lowest BCUT2D eigenvalue weighted by Gasteiger charge is -2.22. The fourth-order valence-corrected chi connectivity index (χ4v) is 2.51. The average molecular weight is 303 g/mol. The van der Waals surface area contributed by atoms with E-state index in [-0.39, 0.29) is 18.6 Å². The summed E-state index contributed by atoms with van der Waals surface area (Å²) < 4.78 is 5.44. The summed E-state index contributed by atoms with van der Waals surface area (Å²) in [4.78, 5) is 22.2. The molecule has 1 aliphatic carbocycles. The topological polar surface area (TPSA) is 75.6 Å². The maximum absolute atomic E-state index is 11.8. The summed E-state index contributed by atoms with van der Waals surface area (Å²) in [6.45, 7) is 0.000805. The summed E-state index contributed by atoms with van der Waals surface area (Å²) in [6, 6.07) is 7.21. The van der Waals surface area contributed by atoms with Crippen molar-refractivity contribution in [3.05, 3.63) is 35.9 Å². The first-order chi connectivity index (χ1) is 10.6. The Morgan fingerprint density at radius 2 is 1.86 bits per heavy atom. The highest BCUT2D eigenvalue weighted by Crippen LogP contribution is 2.17. The van der Waals surface area contributed by atoms with Gasteiger partial charge in [0.25, 0.3) is 5.91 Å². The van der Waals surface area contributed by atoms with Gasteiger partial charge in [-0.15, -0.1) is 0 Å². The Kier molecular flexibility index (Phi) is 6.01. The largest absolute Gasteiger partial charge is 0.484 e. The second kappa shape index (κ2) is 8.22. The van der Waals surface area contributed by atoms with Gasteiger partial charge in [-0.2, -0.15) is 0 Å². The van der Waals surface area contributed by atoms with E-state index in [0.29, 0.717) is 5.75 Å². The Morgan fingerprint density at radius 3 is 2.50 bits per heavy atom. The van der Waals surface area contributed by atoms with Crippen LogP contribution in [0.4, 0.5) is 0 Å². The van der Waals surface area contributed by atoms with Crippen LogP contribution in [0.2, 0.25) is 0 Å². The summed E-state index contributed by atoms with van der Waals surface area (Å²) in [5.74, 6) is -0.493. The van der Waals surface area contributed by atoms with E-state index in [0.717, 1.165) is 24.5 Å². The fraction of sp³-hybridized carbons (Fsp3) is 0.412. The number of hydrogen-bond donors (Lipinski definition) is 2. The quantitative estimate of drug-likeness (QED) is 0.792. The number of carboxylic acid groups (broad SMARTS) is 1. The van der Waals surface area contributed by atoms with Gasteiger partial charge in [0, 0.05) is 12.1 Å². The summed E-state index contributed by atoms with van der Waals surface area (Å²) in [5, 5.41) is 11.5. The molecule has 0 spiro atoms. The van der Waals surface area contributed by atoms with Gasteiger partial charge in [0.15, 0.2) is 6.61 Å². The second-order valence-corrected chi connectivity index (χ2v) is 5.43. The van der Waals surface area contributed by atoms with Crippen LogP contribution in [0.5, 0.6) is 5.75 Å². The lowest BCUT2D eigenvalue weighted by Crippen LogP contribution is -2.38. The summed E-state index contributed by atoms with van der Waals surface area (Å²) >= 11 is 0. The predicted molar refractivity (Wildman–Crippen MR) is 83.6 cm³/mol. The lowest BCUT2D eigenvalue weighted by atomic mass is 9.95. The number of carbonyl (C=O) groups is 2. The molecule has 0 aromatic heterocycles. The highest BCUT2D eigenvalue weighted by atomic mass is 16.5. The molecular weight excluding hydrogens is 282 g/mol. The third kappa shape index (κ3) is 5.60. The minimum absolute atomic E-state index is 0.000805. The Balaban J connectivity index is 1.76. The van der Waals surface area contributed by atoms with Gasteiger partial charge < -0.3 is 15.2 Å². The molecule has 1 saturated carbocycles. The summed E-state index contributed by atoms with van der Waals surface area (Å²) in [5.41, 5.74) is 0.765. The summed E-state index contributed by atoms with van der Waals surface area (Å²) in [7, 11) is 0. The van der Waals surface area contributed by atoms with Crippen molar-refractivity contribution in [2.24, 2.45) is 0 Å². The van der Waals surface area contributed by atoms with E-state index in [2.05, 4.69) is 5.32 Å². The van der Waals surface area contributed by atoms with Crippen molar-refractivity contribution in [2.75, 3.05) is 6.61 Å². The van der Waals surface area contributed by atoms with Crippen LogP contribution in [0, 0.1) is 0 Å². The van der Waals surface area contributed by atoms with E-state index in [4.69, 9.17) is 9.84 Å². The highest BCUT2D eigenvalue weighted by Gasteiger charge is 2.15. The molecule has 1 aromatic carbocycles. The number of rotatable bonds is 6. The molecule has 118 valence electrons. The monoisotopic (exact) mass is 303 g/mol. The van der Waals surface area contributed by atoms with Crippen molar-refractivity contribution in [3.63, 3.8) is 0 Å². The van der Waals surface area contributed by atoms with E-state index >= 15 is 0 Å². The average Bonchev–Trinajstić information content (AvgIpc) is 2.53. The molecule has 1 amide bonds. The van der Waals surface area contributed by atoms with E-state index < -0.39 is 5.97 Å². The Hall–Kier alpha value is -2.30. The molecule has 22 heavy (non-hydrogen) atoms. The van der Waals surface area contributed by atoms with E-state index in [1.165, 1.54) is 25.3 Å². The number of aliphatic carboxylic acids is 1. The first-order valence-electron chi connectivity index (χ1n) is 7.57. The Bertz CT molecular complexity index is 530. The van der Waals surface area contributed by atoms with Crippen molar-refractivity contribution < 1.29 is 19.4 Å². The third-order valence-corrected chi connectivity index (χ3v) is 3.64. The maximum Gasteiger partial charge on any atom is 0.328 e. The summed E-state index contributed by atoms with van der Waals surface area (Å²) in [6.07, 6.45) is 8.29. The van der Waals surface area contributed by atoms with E-state index in [1.807, 2.05) is 0 Å². The normalized spacial score (nSPS) is 15.6. The number of ether oxygens (including phenoxy) is 1. The molecule has 0 radical (unpaired) electrons. The zero-order chi connectivity index (χ0) is 15.8. The van der Waals surface area contributed by atoms with Crippen LogP contribution < -0.4 is 10.1 Å². The fourth-order valence-electron chi connectivity index (χ4n) is 2.51. The van der Waals surface area contributed by atoms with Crippen molar-refractivity contribution in [1.82, 2.24) is 5.32 Å². The molecule has 1 fully saturated rings. The zero-order valence-corrected chi connectivity index (χ0v) is 12.5. The van der Waals surface area contributed by atoms with Gasteiger partial charge >= 0.3 is 5.97 Å². The molecule has 1 aliphatic rings. The van der Waals surface area contributed by atoms with Gasteiger partial charge in [0.05, 0.1) is 0 Å². The van der Waals surface area contributed by atoms with Crippen LogP contribution in [0.15, 0.2) is 30.3 Å². The van der Waals surface area contributed by atoms with Gasteiger partial charge in [-0.3, -0.25) is 4.79 Å². The van der Waals surface area contributed by atoms with Gasteiger partial charge in [-0.25, -0.2) is 4.79 Å². The molecule has 5 nitrogen and oxygen atoms in total. The Labute approximate surface area is 130 Å². The number of amides is 1. The minimum Gasteiger partial charge on any atom is -0.484 e. The molecule has 0 bridgehead atoms. The minimum atomic E-state index is -0.986. The number of benzene rings is 1. The number of hydrogen-bond acceptors (Lipinski definition) is 3.